The molecule has 0 aromatic heterocycles. The van der Waals surface area contributed by atoms with Gasteiger partial charge in [-0.2, -0.15) is 9.79 Å². The fourth-order valence-corrected chi connectivity index (χ4v) is 6.48. The van der Waals surface area contributed by atoms with Gasteiger partial charge < -0.3 is 5.11 Å². The van der Waals surface area contributed by atoms with Crippen LogP contribution in [0.25, 0.3) is 0 Å². The molecule has 0 aliphatic rings. The first kappa shape index (κ1) is 36.6. The Morgan fingerprint density at radius 1 is 0.595 bits per heavy atom. The Kier molecular flexibility index (Phi) is 11.8. The van der Waals surface area contributed by atoms with Crippen LogP contribution in [0.15, 0.2) is 24.3 Å². The molecule has 0 aliphatic heterocycles. The maximum absolute atomic E-state index is 11.6. The molecule has 0 heterocycles. The summed E-state index contributed by atoms with van der Waals surface area (Å²) in [5, 5.41) is 11.6. The summed E-state index contributed by atoms with van der Waals surface area (Å²) in [6, 6.07) is 8.58. The van der Waals surface area contributed by atoms with Gasteiger partial charge in [0.25, 0.3) is 0 Å². The standard InChI is InChI=1S/C37H61O4P/c1-14-15-16-17-18-19-20-42(39,40)41-33-27(23-29(35(5,6)7)25-31(33)37(11,12)13)21-26-22-28(34(2,3)4)24-30(32(26)38)36(8,9)10/h22-25,39-40H,14-21H2,1-13H3/p+1. The quantitative estimate of drug-likeness (QED) is 0.177. The van der Waals surface area contributed by atoms with Gasteiger partial charge in [0.2, 0.25) is 0 Å². The van der Waals surface area contributed by atoms with Crippen LogP contribution in [0, 0.1) is 0 Å². The van der Waals surface area contributed by atoms with E-state index in [0.717, 1.165) is 47.1 Å². The molecule has 0 amide bonds. The zero-order chi connectivity index (χ0) is 32.3. The third-order valence-electron chi connectivity index (χ3n) is 8.12. The van der Waals surface area contributed by atoms with Crippen molar-refractivity contribution in [1.29, 1.82) is 0 Å². The molecule has 0 fully saturated rings. The average molecular weight is 602 g/mol. The van der Waals surface area contributed by atoms with E-state index < -0.39 is 7.94 Å². The zero-order valence-electron chi connectivity index (χ0n) is 29.2. The Bertz CT molecular complexity index is 1180. The van der Waals surface area contributed by atoms with Gasteiger partial charge in [0.1, 0.15) is 11.9 Å². The van der Waals surface area contributed by atoms with E-state index in [1.807, 2.05) is 0 Å². The monoisotopic (exact) mass is 601 g/mol. The maximum atomic E-state index is 11.6. The van der Waals surface area contributed by atoms with Gasteiger partial charge in [-0.1, -0.05) is 140 Å². The molecule has 2 aromatic rings. The van der Waals surface area contributed by atoms with Crippen LogP contribution in [-0.4, -0.2) is 21.1 Å². The fraction of sp³-hybridized carbons (Fsp3) is 0.676. The van der Waals surface area contributed by atoms with Gasteiger partial charge in [0.15, 0.2) is 5.75 Å². The highest BCUT2D eigenvalue weighted by molar-refractivity contribution is 7.60. The third kappa shape index (κ3) is 10.2. The first-order valence-electron chi connectivity index (χ1n) is 16.1. The SMILES string of the molecule is CCCCCCCC[P+](O)(O)Oc1c(Cc2cc(C(C)(C)C)cc(C(C)(C)C)c2O)cc(C(C)(C)C)cc1C(C)(C)C. The second kappa shape index (κ2) is 13.6. The topological polar surface area (TPSA) is 69.9 Å². The van der Waals surface area contributed by atoms with E-state index in [0.29, 0.717) is 17.9 Å². The van der Waals surface area contributed by atoms with Crippen molar-refractivity contribution in [2.24, 2.45) is 0 Å². The van der Waals surface area contributed by atoms with Crippen LogP contribution in [0.4, 0.5) is 0 Å². The van der Waals surface area contributed by atoms with E-state index in [1.54, 1.807) is 0 Å². The number of rotatable bonds is 11. The van der Waals surface area contributed by atoms with Crippen LogP contribution in [-0.2, 0) is 28.1 Å². The second-order valence-corrected chi connectivity index (χ2v) is 18.4. The highest BCUT2D eigenvalue weighted by Gasteiger charge is 2.40. The van der Waals surface area contributed by atoms with Gasteiger partial charge in [0.05, 0.1) is 0 Å². The molecule has 3 N–H and O–H groups in total. The smallest absolute Gasteiger partial charge is 0.451 e. The molecule has 0 radical (unpaired) electrons. The first-order valence-corrected chi connectivity index (χ1v) is 17.8. The molecule has 42 heavy (non-hydrogen) atoms. The fourth-order valence-electron chi connectivity index (χ4n) is 5.25. The molecule has 2 aromatic carbocycles. The number of aromatic hydroxyl groups is 1. The van der Waals surface area contributed by atoms with Crippen molar-refractivity contribution in [3.63, 3.8) is 0 Å². The Morgan fingerprint density at radius 2 is 1.05 bits per heavy atom. The minimum atomic E-state index is -3.65. The van der Waals surface area contributed by atoms with Gasteiger partial charge >= 0.3 is 7.94 Å². The number of benzene rings is 2. The number of hydrogen-bond acceptors (Lipinski definition) is 4. The normalized spacial score (nSPS) is 13.5. The van der Waals surface area contributed by atoms with Crippen molar-refractivity contribution >= 4 is 7.94 Å². The van der Waals surface area contributed by atoms with Crippen molar-refractivity contribution in [2.45, 2.75) is 157 Å². The van der Waals surface area contributed by atoms with Crippen molar-refractivity contribution < 1.29 is 19.4 Å². The predicted molar refractivity (Wildman–Crippen MR) is 182 cm³/mol. The van der Waals surface area contributed by atoms with E-state index in [9.17, 15) is 14.9 Å². The van der Waals surface area contributed by atoms with Crippen LogP contribution in [0.5, 0.6) is 11.5 Å². The summed E-state index contributed by atoms with van der Waals surface area (Å²) < 4.78 is 6.33. The summed E-state index contributed by atoms with van der Waals surface area (Å²) in [5.74, 6) is 0.860. The summed E-state index contributed by atoms with van der Waals surface area (Å²) in [4.78, 5) is 22.5. The lowest BCUT2D eigenvalue weighted by molar-refractivity contribution is 0.331. The summed E-state index contributed by atoms with van der Waals surface area (Å²) in [6.45, 7) is 28.2. The lowest BCUT2D eigenvalue weighted by atomic mass is 9.76. The van der Waals surface area contributed by atoms with E-state index >= 15 is 0 Å². The molecule has 0 aliphatic carbocycles. The van der Waals surface area contributed by atoms with Crippen LogP contribution in [0.3, 0.4) is 0 Å². The van der Waals surface area contributed by atoms with Gasteiger partial charge in [-0.15, -0.1) is 0 Å². The first-order chi connectivity index (χ1) is 19.0. The highest BCUT2D eigenvalue weighted by Crippen LogP contribution is 2.55. The van der Waals surface area contributed by atoms with Gasteiger partial charge in [-0.25, -0.2) is 0 Å². The minimum absolute atomic E-state index is 0.0976. The summed E-state index contributed by atoms with van der Waals surface area (Å²) in [7, 11) is -3.65. The molecule has 0 spiro atoms. The molecule has 0 saturated carbocycles. The van der Waals surface area contributed by atoms with Crippen molar-refractivity contribution in [1.82, 2.24) is 0 Å². The van der Waals surface area contributed by atoms with E-state index in [4.69, 9.17) is 4.52 Å². The molecule has 0 bridgehead atoms. The van der Waals surface area contributed by atoms with Gasteiger partial charge in [-0.3, -0.25) is 4.52 Å². The predicted octanol–water partition coefficient (Wildman–Crippen LogP) is 10.7. The maximum Gasteiger partial charge on any atom is 0.451 e. The molecule has 2 rings (SSSR count). The molecular formula is C37H62O4P+. The average Bonchev–Trinajstić information content (AvgIpc) is 2.80. The van der Waals surface area contributed by atoms with Crippen molar-refractivity contribution in [2.75, 3.05) is 6.16 Å². The lowest BCUT2D eigenvalue weighted by Gasteiger charge is -2.30. The Hall–Kier alpha value is -1.61. The lowest BCUT2D eigenvalue weighted by Crippen LogP contribution is -2.20. The Balaban J connectivity index is 2.72. The molecule has 5 heteroatoms. The third-order valence-corrected chi connectivity index (χ3v) is 9.50. The molecule has 238 valence electrons. The van der Waals surface area contributed by atoms with Crippen molar-refractivity contribution in [3.05, 3.63) is 57.6 Å². The number of phenols is 1. The minimum Gasteiger partial charge on any atom is -0.507 e. The summed E-state index contributed by atoms with van der Waals surface area (Å²) >= 11 is 0. The van der Waals surface area contributed by atoms with Crippen LogP contribution in [0.1, 0.15) is 162 Å². The van der Waals surface area contributed by atoms with E-state index in [-0.39, 0.29) is 27.8 Å². The van der Waals surface area contributed by atoms with Crippen LogP contribution >= 0.6 is 7.94 Å². The van der Waals surface area contributed by atoms with Gasteiger partial charge in [-0.05, 0) is 56.8 Å². The largest absolute Gasteiger partial charge is 0.507 e. The Morgan fingerprint density at radius 3 is 1.52 bits per heavy atom. The molecule has 0 unspecified atom stereocenters. The summed E-state index contributed by atoms with van der Waals surface area (Å²) in [6.07, 6.45) is 7.07. The number of phenolic OH excluding ortho intramolecular Hbond substituents is 1. The molecule has 0 atom stereocenters. The zero-order valence-corrected chi connectivity index (χ0v) is 30.1. The molecule has 0 saturated heterocycles. The number of hydrogen-bond donors (Lipinski definition) is 3. The highest BCUT2D eigenvalue weighted by atomic mass is 31.2. The Labute approximate surface area is 258 Å². The van der Waals surface area contributed by atoms with Crippen LogP contribution < -0.4 is 4.52 Å². The van der Waals surface area contributed by atoms with E-state index in [2.05, 4.69) is 114 Å². The number of unbranched alkanes of at least 4 members (excludes halogenated alkanes) is 5. The second-order valence-electron chi connectivity index (χ2n) is 16.5. The molecule has 4 nitrogen and oxygen atoms in total. The van der Waals surface area contributed by atoms with E-state index in [1.165, 1.54) is 24.8 Å². The summed E-state index contributed by atoms with van der Waals surface area (Å²) in [5.41, 5.74) is 5.17. The molecular weight excluding hydrogens is 539 g/mol. The van der Waals surface area contributed by atoms with Gasteiger partial charge in [0, 0.05) is 17.5 Å². The van der Waals surface area contributed by atoms with Crippen LogP contribution in [0.2, 0.25) is 0 Å². The van der Waals surface area contributed by atoms with Crippen molar-refractivity contribution in [3.8, 4) is 11.5 Å².